The van der Waals surface area contributed by atoms with E-state index in [2.05, 4.69) is 23.9 Å². The van der Waals surface area contributed by atoms with Crippen LogP contribution >= 0.6 is 0 Å². The molecular weight excluding hydrogens is 238 g/mol. The van der Waals surface area contributed by atoms with Gasteiger partial charge in [-0.1, -0.05) is 26.7 Å². The van der Waals surface area contributed by atoms with Crippen molar-refractivity contribution in [3.8, 4) is 0 Å². The van der Waals surface area contributed by atoms with Gasteiger partial charge < -0.3 is 0 Å². The van der Waals surface area contributed by atoms with Crippen molar-refractivity contribution in [2.24, 2.45) is 11.3 Å². The lowest BCUT2D eigenvalue weighted by Crippen LogP contribution is -2.32. The molecule has 0 radical (unpaired) electrons. The Balaban J connectivity index is 2.12. The smallest absolute Gasteiger partial charge is 0.146 e. The van der Waals surface area contributed by atoms with Gasteiger partial charge in [0.25, 0.3) is 0 Å². The Bertz CT molecular complexity index is 430. The monoisotopic (exact) mass is 263 g/mol. The predicted octanol–water partition coefficient (Wildman–Crippen LogP) is 3.02. The molecule has 0 unspecified atom stereocenters. The largest absolute Gasteiger partial charge is 0.299 e. The standard InChI is InChI=1S/C15H25N3O/c1-4-18-14(16-11-17-18)9-13(19)15(10-12(2)3)7-5-6-8-15/h11-12H,4-10H2,1-3H3. The predicted molar refractivity (Wildman–Crippen MR) is 74.8 cm³/mol. The van der Waals surface area contributed by atoms with E-state index in [0.717, 1.165) is 31.6 Å². The van der Waals surface area contributed by atoms with Crippen molar-refractivity contribution in [1.29, 1.82) is 0 Å². The Morgan fingerprint density at radius 2 is 2.11 bits per heavy atom. The van der Waals surface area contributed by atoms with Crippen LogP contribution in [-0.2, 0) is 17.8 Å². The molecule has 1 aliphatic carbocycles. The highest BCUT2D eigenvalue weighted by molar-refractivity contribution is 5.86. The number of aromatic nitrogens is 3. The van der Waals surface area contributed by atoms with E-state index < -0.39 is 0 Å². The van der Waals surface area contributed by atoms with Crippen molar-refractivity contribution < 1.29 is 4.79 Å². The topological polar surface area (TPSA) is 47.8 Å². The molecule has 1 aliphatic rings. The van der Waals surface area contributed by atoms with E-state index in [9.17, 15) is 4.79 Å². The molecule has 1 aromatic rings. The highest BCUT2D eigenvalue weighted by Gasteiger charge is 2.41. The molecule has 19 heavy (non-hydrogen) atoms. The summed E-state index contributed by atoms with van der Waals surface area (Å²) >= 11 is 0. The molecule has 0 aromatic carbocycles. The van der Waals surface area contributed by atoms with Gasteiger partial charge in [-0.3, -0.25) is 4.79 Å². The second kappa shape index (κ2) is 5.85. The van der Waals surface area contributed by atoms with Gasteiger partial charge in [0.15, 0.2) is 0 Å². The molecule has 4 nitrogen and oxygen atoms in total. The summed E-state index contributed by atoms with van der Waals surface area (Å²) in [5.74, 6) is 1.77. The van der Waals surface area contributed by atoms with Crippen LogP contribution in [0.25, 0.3) is 0 Å². The van der Waals surface area contributed by atoms with Gasteiger partial charge in [0.2, 0.25) is 0 Å². The van der Waals surface area contributed by atoms with Gasteiger partial charge in [-0.05, 0) is 32.1 Å². The van der Waals surface area contributed by atoms with E-state index in [1.165, 1.54) is 12.8 Å². The lowest BCUT2D eigenvalue weighted by Gasteiger charge is -2.29. The first kappa shape index (κ1) is 14.2. The summed E-state index contributed by atoms with van der Waals surface area (Å²) in [6, 6.07) is 0. The number of ketones is 1. The van der Waals surface area contributed by atoms with Gasteiger partial charge in [0, 0.05) is 12.0 Å². The zero-order valence-corrected chi connectivity index (χ0v) is 12.4. The lowest BCUT2D eigenvalue weighted by atomic mass is 9.74. The van der Waals surface area contributed by atoms with Gasteiger partial charge in [0.1, 0.15) is 17.9 Å². The van der Waals surface area contributed by atoms with Crippen LogP contribution in [0.15, 0.2) is 6.33 Å². The summed E-state index contributed by atoms with van der Waals surface area (Å²) < 4.78 is 1.83. The molecule has 1 aromatic heterocycles. The van der Waals surface area contributed by atoms with Crippen LogP contribution in [0.1, 0.15) is 58.7 Å². The first-order valence-electron chi connectivity index (χ1n) is 7.47. The molecule has 1 saturated carbocycles. The van der Waals surface area contributed by atoms with E-state index >= 15 is 0 Å². The quantitative estimate of drug-likeness (QED) is 0.792. The number of hydrogen-bond donors (Lipinski definition) is 0. The molecule has 0 saturated heterocycles. The van der Waals surface area contributed by atoms with Crippen LogP contribution < -0.4 is 0 Å². The SMILES string of the molecule is CCn1ncnc1CC(=O)C1(CC(C)C)CCCC1. The summed E-state index contributed by atoms with van der Waals surface area (Å²) in [5, 5.41) is 4.15. The minimum atomic E-state index is -0.0846. The minimum Gasteiger partial charge on any atom is -0.299 e. The Hall–Kier alpha value is -1.19. The summed E-state index contributed by atoms with van der Waals surface area (Å²) in [6.45, 7) is 7.23. The van der Waals surface area contributed by atoms with E-state index in [4.69, 9.17) is 0 Å². The molecule has 0 aliphatic heterocycles. The molecule has 0 amide bonds. The average Bonchev–Trinajstić information content (AvgIpc) is 2.98. The van der Waals surface area contributed by atoms with Crippen molar-refractivity contribution in [2.45, 2.75) is 65.8 Å². The maximum absolute atomic E-state index is 12.8. The number of Topliss-reactive ketones (excluding diaryl/α,β-unsaturated/α-hetero) is 1. The Labute approximate surface area is 115 Å². The summed E-state index contributed by atoms with van der Waals surface area (Å²) in [7, 11) is 0. The van der Waals surface area contributed by atoms with Gasteiger partial charge in [0.05, 0.1) is 6.42 Å². The molecule has 0 bridgehead atoms. The van der Waals surface area contributed by atoms with E-state index in [1.807, 2.05) is 11.6 Å². The Kier molecular flexibility index (Phi) is 4.38. The molecule has 0 N–H and O–H groups in total. The van der Waals surface area contributed by atoms with Gasteiger partial charge in [-0.15, -0.1) is 0 Å². The summed E-state index contributed by atoms with van der Waals surface area (Å²) in [6.07, 6.45) is 7.52. The van der Waals surface area contributed by atoms with Crippen molar-refractivity contribution in [2.75, 3.05) is 0 Å². The number of rotatable bonds is 6. The zero-order valence-electron chi connectivity index (χ0n) is 12.4. The number of hydrogen-bond acceptors (Lipinski definition) is 3. The number of nitrogens with zero attached hydrogens (tertiary/aromatic N) is 3. The second-order valence-electron chi connectivity index (χ2n) is 6.18. The highest BCUT2D eigenvalue weighted by Crippen LogP contribution is 2.44. The van der Waals surface area contributed by atoms with E-state index in [-0.39, 0.29) is 5.41 Å². The third kappa shape index (κ3) is 3.04. The maximum atomic E-state index is 12.8. The number of aryl methyl sites for hydroxylation is 1. The molecule has 1 fully saturated rings. The number of carbonyl (C=O) groups is 1. The first-order chi connectivity index (χ1) is 9.07. The van der Waals surface area contributed by atoms with Crippen LogP contribution in [0.5, 0.6) is 0 Å². The van der Waals surface area contributed by atoms with E-state index in [0.29, 0.717) is 18.1 Å². The lowest BCUT2D eigenvalue weighted by molar-refractivity contribution is -0.129. The summed E-state index contributed by atoms with van der Waals surface area (Å²) in [4.78, 5) is 17.0. The van der Waals surface area contributed by atoms with Crippen LogP contribution in [0.3, 0.4) is 0 Å². The van der Waals surface area contributed by atoms with Gasteiger partial charge in [-0.2, -0.15) is 5.10 Å². The fourth-order valence-electron chi connectivity index (χ4n) is 3.45. The molecule has 2 rings (SSSR count). The fourth-order valence-corrected chi connectivity index (χ4v) is 3.45. The van der Waals surface area contributed by atoms with Crippen LogP contribution in [0.2, 0.25) is 0 Å². The normalized spacial score (nSPS) is 18.1. The maximum Gasteiger partial charge on any atom is 0.146 e. The molecule has 1 heterocycles. The van der Waals surface area contributed by atoms with Crippen LogP contribution in [0, 0.1) is 11.3 Å². The molecule has 4 heteroatoms. The molecular formula is C15H25N3O. The third-order valence-corrected chi connectivity index (χ3v) is 4.27. The number of carbonyl (C=O) groups excluding carboxylic acids is 1. The van der Waals surface area contributed by atoms with Gasteiger partial charge >= 0.3 is 0 Å². The van der Waals surface area contributed by atoms with Gasteiger partial charge in [-0.25, -0.2) is 9.67 Å². The van der Waals surface area contributed by atoms with Crippen molar-refractivity contribution in [3.63, 3.8) is 0 Å². The van der Waals surface area contributed by atoms with Crippen molar-refractivity contribution in [1.82, 2.24) is 14.8 Å². The molecule has 0 atom stereocenters. The average molecular weight is 263 g/mol. The van der Waals surface area contributed by atoms with Crippen molar-refractivity contribution >= 4 is 5.78 Å². The first-order valence-corrected chi connectivity index (χ1v) is 7.47. The molecule has 106 valence electrons. The third-order valence-electron chi connectivity index (χ3n) is 4.27. The van der Waals surface area contributed by atoms with Crippen LogP contribution in [-0.4, -0.2) is 20.5 Å². The second-order valence-corrected chi connectivity index (χ2v) is 6.18. The summed E-state index contributed by atoms with van der Waals surface area (Å²) in [5.41, 5.74) is -0.0846. The van der Waals surface area contributed by atoms with Crippen molar-refractivity contribution in [3.05, 3.63) is 12.2 Å². The Morgan fingerprint density at radius 3 is 2.68 bits per heavy atom. The minimum absolute atomic E-state index is 0.0846. The Morgan fingerprint density at radius 1 is 1.42 bits per heavy atom. The highest BCUT2D eigenvalue weighted by atomic mass is 16.1. The van der Waals surface area contributed by atoms with E-state index in [1.54, 1.807) is 6.33 Å². The zero-order chi connectivity index (χ0) is 13.9. The van der Waals surface area contributed by atoms with Crippen LogP contribution in [0.4, 0.5) is 0 Å². The fraction of sp³-hybridized carbons (Fsp3) is 0.800. The molecule has 0 spiro atoms.